The molecule has 1 heterocycles. The van der Waals surface area contributed by atoms with Crippen LogP contribution in [0.3, 0.4) is 0 Å². The first-order valence-electron chi connectivity index (χ1n) is 8.00. The van der Waals surface area contributed by atoms with Crippen LogP contribution in [0.1, 0.15) is 37.7 Å². The average Bonchev–Trinajstić information content (AvgIpc) is 2.50. The maximum atomic E-state index is 11.9. The van der Waals surface area contributed by atoms with Crippen LogP contribution in [0.25, 0.3) is 0 Å². The summed E-state index contributed by atoms with van der Waals surface area (Å²) in [5.74, 6) is 0.259. The fourth-order valence-electron chi connectivity index (χ4n) is 2.65. The van der Waals surface area contributed by atoms with E-state index in [9.17, 15) is 9.59 Å². The number of hydrogen-bond donors (Lipinski definition) is 2. The normalized spacial score (nSPS) is 14.3. The Morgan fingerprint density at radius 2 is 2.13 bits per heavy atom. The fourth-order valence-corrected chi connectivity index (χ4v) is 2.65. The number of hydrogen-bond acceptors (Lipinski definition) is 3. The second kappa shape index (κ2) is 10.2. The van der Waals surface area contributed by atoms with Gasteiger partial charge in [-0.15, -0.1) is 12.4 Å². The molecule has 1 fully saturated rings. The van der Waals surface area contributed by atoms with Crippen LogP contribution >= 0.6 is 12.4 Å². The van der Waals surface area contributed by atoms with E-state index in [1.807, 2.05) is 36.2 Å². The number of carbonyl (C=O) groups is 2. The van der Waals surface area contributed by atoms with Gasteiger partial charge in [-0.3, -0.25) is 9.59 Å². The Bertz CT molecular complexity index is 522. The van der Waals surface area contributed by atoms with E-state index in [0.29, 0.717) is 19.4 Å². The lowest BCUT2D eigenvalue weighted by Crippen LogP contribution is -2.34. The van der Waals surface area contributed by atoms with Crippen molar-refractivity contribution >= 4 is 29.9 Å². The summed E-state index contributed by atoms with van der Waals surface area (Å²) in [7, 11) is 1.88. The summed E-state index contributed by atoms with van der Waals surface area (Å²) in [5, 5.41) is 5.95. The Labute approximate surface area is 144 Å². The topological polar surface area (TPSA) is 61.4 Å². The summed E-state index contributed by atoms with van der Waals surface area (Å²) >= 11 is 0. The van der Waals surface area contributed by atoms with E-state index in [4.69, 9.17) is 0 Å². The van der Waals surface area contributed by atoms with Crippen LogP contribution in [-0.2, 0) is 16.1 Å². The third-order valence-corrected chi connectivity index (χ3v) is 3.84. The highest BCUT2D eigenvalue weighted by Gasteiger charge is 2.18. The number of piperidine rings is 1. The van der Waals surface area contributed by atoms with E-state index in [-0.39, 0.29) is 24.2 Å². The van der Waals surface area contributed by atoms with Crippen molar-refractivity contribution in [2.24, 2.45) is 0 Å². The molecule has 0 aliphatic carbocycles. The molecule has 2 amide bonds. The molecule has 0 radical (unpaired) electrons. The van der Waals surface area contributed by atoms with E-state index in [1.54, 1.807) is 0 Å². The lowest BCUT2D eigenvalue weighted by atomic mass is 10.1. The standard InChI is InChI=1S/C17H25N3O2.ClH/c1-18-10-5-8-16(21)19-15-7-4-6-14(12-15)13-20-11-3-2-9-17(20)22;/h4,6-7,12,18H,2-3,5,8-11,13H2,1H3,(H,19,21);1H. The highest BCUT2D eigenvalue weighted by molar-refractivity contribution is 5.90. The Morgan fingerprint density at radius 1 is 1.30 bits per heavy atom. The second-order valence-corrected chi connectivity index (χ2v) is 5.73. The number of nitrogens with zero attached hydrogens (tertiary/aromatic N) is 1. The molecule has 1 saturated heterocycles. The van der Waals surface area contributed by atoms with E-state index in [0.717, 1.165) is 43.6 Å². The predicted octanol–water partition coefficient (Wildman–Crippen LogP) is 2.56. The number of benzene rings is 1. The molecular formula is C17H26ClN3O2. The number of carbonyl (C=O) groups excluding carboxylic acids is 2. The molecule has 0 bridgehead atoms. The van der Waals surface area contributed by atoms with Crippen LogP contribution in [0.2, 0.25) is 0 Å². The minimum Gasteiger partial charge on any atom is -0.338 e. The summed E-state index contributed by atoms with van der Waals surface area (Å²) < 4.78 is 0. The minimum absolute atomic E-state index is 0. The zero-order chi connectivity index (χ0) is 15.8. The molecule has 0 saturated carbocycles. The van der Waals surface area contributed by atoms with Crippen molar-refractivity contribution in [3.63, 3.8) is 0 Å². The molecule has 1 aliphatic heterocycles. The highest BCUT2D eigenvalue weighted by atomic mass is 35.5. The van der Waals surface area contributed by atoms with Gasteiger partial charge in [0, 0.05) is 31.6 Å². The second-order valence-electron chi connectivity index (χ2n) is 5.73. The molecule has 2 N–H and O–H groups in total. The zero-order valence-electron chi connectivity index (χ0n) is 13.6. The van der Waals surface area contributed by atoms with Gasteiger partial charge in [0.25, 0.3) is 0 Å². The summed E-state index contributed by atoms with van der Waals surface area (Å²) in [4.78, 5) is 25.6. The van der Waals surface area contributed by atoms with Gasteiger partial charge in [-0.1, -0.05) is 12.1 Å². The number of halogens is 1. The van der Waals surface area contributed by atoms with Crippen molar-refractivity contribution in [1.29, 1.82) is 0 Å². The van der Waals surface area contributed by atoms with Crippen LogP contribution in [0.4, 0.5) is 5.69 Å². The van der Waals surface area contributed by atoms with Gasteiger partial charge in [0.1, 0.15) is 0 Å². The maximum absolute atomic E-state index is 11.9. The Kier molecular flexibility index (Phi) is 8.66. The van der Waals surface area contributed by atoms with E-state index >= 15 is 0 Å². The molecule has 5 nitrogen and oxygen atoms in total. The van der Waals surface area contributed by atoms with Gasteiger partial charge in [-0.2, -0.15) is 0 Å². The monoisotopic (exact) mass is 339 g/mol. The largest absolute Gasteiger partial charge is 0.338 e. The van der Waals surface area contributed by atoms with Crippen molar-refractivity contribution in [2.75, 3.05) is 25.5 Å². The number of nitrogens with one attached hydrogen (secondary N) is 2. The van der Waals surface area contributed by atoms with Crippen molar-refractivity contribution < 1.29 is 9.59 Å². The van der Waals surface area contributed by atoms with Gasteiger partial charge in [0.2, 0.25) is 11.8 Å². The van der Waals surface area contributed by atoms with E-state index in [2.05, 4.69) is 10.6 Å². The number of anilines is 1. The molecule has 23 heavy (non-hydrogen) atoms. The smallest absolute Gasteiger partial charge is 0.224 e. The molecule has 2 rings (SSSR count). The summed E-state index contributed by atoms with van der Waals surface area (Å²) in [6.07, 6.45) is 4.06. The summed E-state index contributed by atoms with van der Waals surface area (Å²) in [6.45, 7) is 2.30. The minimum atomic E-state index is 0. The van der Waals surface area contributed by atoms with Crippen molar-refractivity contribution in [1.82, 2.24) is 10.2 Å². The molecule has 1 aromatic carbocycles. The van der Waals surface area contributed by atoms with Crippen LogP contribution in [0.5, 0.6) is 0 Å². The van der Waals surface area contributed by atoms with Crippen molar-refractivity contribution in [3.05, 3.63) is 29.8 Å². The van der Waals surface area contributed by atoms with Gasteiger partial charge in [0.05, 0.1) is 0 Å². The quantitative estimate of drug-likeness (QED) is 0.750. The molecule has 1 aromatic rings. The lowest BCUT2D eigenvalue weighted by Gasteiger charge is -2.26. The maximum Gasteiger partial charge on any atom is 0.224 e. The molecular weight excluding hydrogens is 314 g/mol. The Hall–Kier alpha value is -1.59. The van der Waals surface area contributed by atoms with E-state index in [1.165, 1.54) is 0 Å². The first kappa shape index (κ1) is 19.5. The SMILES string of the molecule is CNCCCC(=O)Nc1cccc(CN2CCCCC2=O)c1.Cl. The van der Waals surface area contributed by atoms with Crippen molar-refractivity contribution in [3.8, 4) is 0 Å². The number of likely N-dealkylation sites (tertiary alicyclic amines) is 1. The fraction of sp³-hybridized carbons (Fsp3) is 0.529. The molecule has 1 aliphatic rings. The highest BCUT2D eigenvalue weighted by Crippen LogP contribution is 2.17. The van der Waals surface area contributed by atoms with Gasteiger partial charge < -0.3 is 15.5 Å². The molecule has 0 atom stereocenters. The van der Waals surface area contributed by atoms with Gasteiger partial charge in [-0.05, 0) is 50.6 Å². The van der Waals surface area contributed by atoms with Crippen molar-refractivity contribution in [2.45, 2.75) is 38.6 Å². The molecule has 128 valence electrons. The Balaban J connectivity index is 0.00000264. The molecule has 6 heteroatoms. The van der Waals surface area contributed by atoms with E-state index < -0.39 is 0 Å². The van der Waals surface area contributed by atoms with Gasteiger partial charge in [-0.25, -0.2) is 0 Å². The molecule has 0 spiro atoms. The predicted molar refractivity (Wildman–Crippen MR) is 94.7 cm³/mol. The first-order chi connectivity index (χ1) is 10.7. The summed E-state index contributed by atoms with van der Waals surface area (Å²) in [5.41, 5.74) is 1.86. The van der Waals surface area contributed by atoms with Crippen LogP contribution < -0.4 is 10.6 Å². The zero-order valence-corrected chi connectivity index (χ0v) is 14.5. The lowest BCUT2D eigenvalue weighted by molar-refractivity contribution is -0.133. The van der Waals surface area contributed by atoms with Crippen LogP contribution in [0.15, 0.2) is 24.3 Å². The first-order valence-corrected chi connectivity index (χ1v) is 8.00. The molecule has 0 unspecified atom stereocenters. The van der Waals surface area contributed by atoms with Crippen LogP contribution in [0, 0.1) is 0 Å². The number of amides is 2. The van der Waals surface area contributed by atoms with Gasteiger partial charge in [0.15, 0.2) is 0 Å². The Morgan fingerprint density at radius 3 is 2.87 bits per heavy atom. The summed E-state index contributed by atoms with van der Waals surface area (Å²) in [6, 6.07) is 7.76. The average molecular weight is 340 g/mol. The number of rotatable bonds is 7. The van der Waals surface area contributed by atoms with Crippen LogP contribution in [-0.4, -0.2) is 36.9 Å². The molecule has 0 aromatic heterocycles. The van der Waals surface area contributed by atoms with Gasteiger partial charge >= 0.3 is 0 Å². The third-order valence-electron chi connectivity index (χ3n) is 3.84. The third kappa shape index (κ3) is 6.59.